The normalized spacial score (nSPS) is 10.2. The lowest BCUT2D eigenvalue weighted by molar-refractivity contribution is 0.0764. The monoisotopic (exact) mass is 273 g/mol. The Labute approximate surface area is 119 Å². The average Bonchev–Trinajstić information content (AvgIpc) is 2.47. The van der Waals surface area contributed by atoms with Gasteiger partial charge in [-0.3, -0.25) is 0 Å². The molecule has 0 aliphatic rings. The summed E-state index contributed by atoms with van der Waals surface area (Å²) in [4.78, 5) is 0. The van der Waals surface area contributed by atoms with Crippen LogP contribution in [0.25, 0.3) is 0 Å². The third kappa shape index (κ3) is 5.20. The maximum atomic E-state index is 5.66. The van der Waals surface area contributed by atoms with Crippen LogP contribution < -0.4 is 15.2 Å². The van der Waals surface area contributed by atoms with Gasteiger partial charge in [0.05, 0.1) is 13.2 Å². The Morgan fingerprint density at radius 2 is 1.35 bits per heavy atom. The fourth-order valence-corrected chi connectivity index (χ4v) is 1.66. The predicted octanol–water partition coefficient (Wildman–Crippen LogP) is 2.74. The van der Waals surface area contributed by atoms with Crippen LogP contribution in [0.4, 0.5) is 5.69 Å². The van der Waals surface area contributed by atoms with Gasteiger partial charge in [0.2, 0.25) is 0 Å². The van der Waals surface area contributed by atoms with Crippen molar-refractivity contribution >= 4 is 5.69 Å². The zero-order chi connectivity index (χ0) is 14.0. The largest absolute Gasteiger partial charge is 0.491 e. The fraction of sp³-hybridized carbons (Fsp3) is 0.250. The zero-order valence-electron chi connectivity index (χ0n) is 11.3. The van der Waals surface area contributed by atoms with Gasteiger partial charge in [-0.05, 0) is 24.3 Å². The molecule has 0 fully saturated rings. The highest BCUT2D eigenvalue weighted by molar-refractivity contribution is 5.43. The van der Waals surface area contributed by atoms with E-state index in [0.717, 1.165) is 11.5 Å². The molecule has 0 aliphatic carbocycles. The van der Waals surface area contributed by atoms with E-state index in [9.17, 15) is 0 Å². The summed E-state index contributed by atoms with van der Waals surface area (Å²) in [5.41, 5.74) is 6.35. The molecule has 0 spiro atoms. The molecule has 2 N–H and O–H groups in total. The van der Waals surface area contributed by atoms with E-state index in [4.69, 9.17) is 19.9 Å². The Hall–Kier alpha value is -2.20. The molecule has 0 heterocycles. The molecule has 0 aliphatic heterocycles. The molecule has 2 rings (SSSR count). The Morgan fingerprint density at radius 1 is 0.700 bits per heavy atom. The van der Waals surface area contributed by atoms with Crippen molar-refractivity contribution in [2.75, 3.05) is 32.2 Å². The number of rotatable bonds is 8. The van der Waals surface area contributed by atoms with E-state index in [1.54, 1.807) is 6.07 Å². The van der Waals surface area contributed by atoms with Crippen LogP contribution in [0, 0.1) is 0 Å². The van der Waals surface area contributed by atoms with Crippen molar-refractivity contribution in [1.29, 1.82) is 0 Å². The highest BCUT2D eigenvalue weighted by atomic mass is 16.5. The second kappa shape index (κ2) is 8.07. The van der Waals surface area contributed by atoms with Gasteiger partial charge in [0, 0.05) is 11.8 Å². The summed E-state index contributed by atoms with van der Waals surface area (Å²) in [6.45, 7) is 2.08. The summed E-state index contributed by atoms with van der Waals surface area (Å²) in [5.74, 6) is 1.61. The Kier molecular flexibility index (Phi) is 5.73. The van der Waals surface area contributed by atoms with Crippen LogP contribution >= 0.6 is 0 Å². The number of hydrogen-bond donors (Lipinski definition) is 1. The number of para-hydroxylation sites is 1. The molecule has 0 unspecified atom stereocenters. The van der Waals surface area contributed by atoms with Crippen molar-refractivity contribution in [3.8, 4) is 11.5 Å². The molecule has 0 aromatic heterocycles. The molecule has 0 bridgehead atoms. The van der Waals surface area contributed by atoms with Gasteiger partial charge in [-0.15, -0.1) is 0 Å². The third-order valence-corrected chi connectivity index (χ3v) is 2.59. The first kappa shape index (κ1) is 14.2. The Bertz CT molecular complexity index is 502. The van der Waals surface area contributed by atoms with Gasteiger partial charge in [-0.2, -0.15) is 0 Å². The molecule has 106 valence electrons. The van der Waals surface area contributed by atoms with Crippen LogP contribution in [0.1, 0.15) is 0 Å². The van der Waals surface area contributed by atoms with Crippen LogP contribution in [-0.4, -0.2) is 26.4 Å². The fourth-order valence-electron chi connectivity index (χ4n) is 1.66. The van der Waals surface area contributed by atoms with Crippen molar-refractivity contribution in [3.05, 3.63) is 54.6 Å². The van der Waals surface area contributed by atoms with Gasteiger partial charge in [0.1, 0.15) is 24.7 Å². The van der Waals surface area contributed by atoms with Gasteiger partial charge in [0.25, 0.3) is 0 Å². The third-order valence-electron chi connectivity index (χ3n) is 2.59. The molecule has 0 amide bonds. The maximum Gasteiger partial charge on any atom is 0.121 e. The van der Waals surface area contributed by atoms with Gasteiger partial charge in [-0.1, -0.05) is 24.3 Å². The first-order valence-electron chi connectivity index (χ1n) is 6.58. The van der Waals surface area contributed by atoms with E-state index in [0.29, 0.717) is 32.1 Å². The van der Waals surface area contributed by atoms with E-state index >= 15 is 0 Å². The van der Waals surface area contributed by atoms with Gasteiger partial charge in [0.15, 0.2) is 0 Å². The lowest BCUT2D eigenvalue weighted by Gasteiger charge is -2.08. The molecule has 0 saturated heterocycles. The lowest BCUT2D eigenvalue weighted by Crippen LogP contribution is -2.12. The van der Waals surface area contributed by atoms with Crippen LogP contribution in [-0.2, 0) is 4.74 Å². The molecule has 2 aromatic carbocycles. The van der Waals surface area contributed by atoms with E-state index in [1.165, 1.54) is 0 Å². The minimum absolute atomic E-state index is 0.495. The summed E-state index contributed by atoms with van der Waals surface area (Å²) in [7, 11) is 0. The SMILES string of the molecule is Nc1cccc(OCCOCCOc2ccccc2)c1. The van der Waals surface area contributed by atoms with E-state index in [1.807, 2.05) is 48.5 Å². The van der Waals surface area contributed by atoms with E-state index in [-0.39, 0.29) is 0 Å². The van der Waals surface area contributed by atoms with Gasteiger partial charge < -0.3 is 19.9 Å². The molecule has 20 heavy (non-hydrogen) atoms. The quantitative estimate of drug-likeness (QED) is 0.593. The maximum absolute atomic E-state index is 5.66. The second-order valence-electron chi connectivity index (χ2n) is 4.19. The first-order valence-corrected chi connectivity index (χ1v) is 6.58. The molecule has 0 saturated carbocycles. The highest BCUT2D eigenvalue weighted by Gasteiger charge is 1.95. The summed E-state index contributed by atoms with van der Waals surface area (Å²) < 4.78 is 16.4. The molecule has 0 atom stereocenters. The number of ether oxygens (including phenoxy) is 3. The zero-order valence-corrected chi connectivity index (χ0v) is 11.3. The van der Waals surface area contributed by atoms with Crippen molar-refractivity contribution in [2.45, 2.75) is 0 Å². The summed E-state index contributed by atoms with van der Waals surface area (Å²) in [6.07, 6.45) is 0. The number of nitrogen functional groups attached to an aromatic ring is 1. The van der Waals surface area contributed by atoms with Crippen LogP contribution in [0.3, 0.4) is 0 Å². The van der Waals surface area contributed by atoms with Crippen molar-refractivity contribution in [3.63, 3.8) is 0 Å². The number of nitrogens with two attached hydrogens (primary N) is 1. The molecule has 2 aromatic rings. The van der Waals surface area contributed by atoms with Crippen molar-refractivity contribution < 1.29 is 14.2 Å². The average molecular weight is 273 g/mol. The smallest absolute Gasteiger partial charge is 0.121 e. The van der Waals surface area contributed by atoms with E-state index in [2.05, 4.69) is 0 Å². The number of anilines is 1. The van der Waals surface area contributed by atoms with E-state index < -0.39 is 0 Å². The van der Waals surface area contributed by atoms with Crippen LogP contribution in [0.5, 0.6) is 11.5 Å². The summed E-state index contributed by atoms with van der Waals surface area (Å²) in [6, 6.07) is 17.0. The lowest BCUT2D eigenvalue weighted by atomic mass is 10.3. The van der Waals surface area contributed by atoms with Crippen LogP contribution in [0.2, 0.25) is 0 Å². The molecular weight excluding hydrogens is 254 g/mol. The molecule has 4 heteroatoms. The summed E-state index contributed by atoms with van der Waals surface area (Å²) in [5, 5.41) is 0. The molecular formula is C16H19NO3. The minimum atomic E-state index is 0.495. The first-order chi connectivity index (χ1) is 9.84. The molecule has 0 radical (unpaired) electrons. The molecule has 4 nitrogen and oxygen atoms in total. The topological polar surface area (TPSA) is 53.7 Å². The predicted molar refractivity (Wildman–Crippen MR) is 79.1 cm³/mol. The number of hydrogen-bond acceptors (Lipinski definition) is 4. The summed E-state index contributed by atoms with van der Waals surface area (Å²) >= 11 is 0. The van der Waals surface area contributed by atoms with Crippen molar-refractivity contribution in [1.82, 2.24) is 0 Å². The van der Waals surface area contributed by atoms with Crippen LogP contribution in [0.15, 0.2) is 54.6 Å². The Balaban J connectivity index is 1.52. The second-order valence-corrected chi connectivity index (χ2v) is 4.19. The van der Waals surface area contributed by atoms with Gasteiger partial charge >= 0.3 is 0 Å². The van der Waals surface area contributed by atoms with Gasteiger partial charge in [-0.25, -0.2) is 0 Å². The number of benzene rings is 2. The highest BCUT2D eigenvalue weighted by Crippen LogP contribution is 2.14. The minimum Gasteiger partial charge on any atom is -0.491 e. The Morgan fingerprint density at radius 3 is 2.05 bits per heavy atom. The van der Waals surface area contributed by atoms with Crippen molar-refractivity contribution in [2.24, 2.45) is 0 Å². The standard InChI is InChI=1S/C16H19NO3/c17-14-5-4-8-16(13-14)20-12-10-18-9-11-19-15-6-2-1-3-7-15/h1-8,13H,9-12,17H2.